The van der Waals surface area contributed by atoms with Crippen LogP contribution in [-0.2, 0) is 11.2 Å². The molecule has 0 bridgehead atoms. The van der Waals surface area contributed by atoms with E-state index in [1.807, 2.05) is 36.4 Å². The molecule has 136 valence electrons. The second-order valence-corrected chi connectivity index (χ2v) is 6.49. The summed E-state index contributed by atoms with van der Waals surface area (Å²) in [6.07, 6.45) is 3.35. The monoisotopic (exact) mass is 381 g/mol. The van der Waals surface area contributed by atoms with Crippen LogP contribution in [0.2, 0.25) is 5.02 Å². The number of hydrogen-bond acceptors (Lipinski definition) is 5. The average Bonchev–Trinajstić information content (AvgIpc) is 3.29. The fourth-order valence-electron chi connectivity index (χ4n) is 2.84. The summed E-state index contributed by atoms with van der Waals surface area (Å²) in [4.78, 5) is 12.2. The molecule has 8 heteroatoms. The van der Waals surface area contributed by atoms with Crippen molar-refractivity contribution < 1.29 is 9.53 Å². The van der Waals surface area contributed by atoms with Gasteiger partial charge in [0, 0.05) is 28.3 Å². The van der Waals surface area contributed by atoms with Gasteiger partial charge in [0.25, 0.3) is 5.91 Å². The van der Waals surface area contributed by atoms with Gasteiger partial charge < -0.3 is 10.1 Å². The van der Waals surface area contributed by atoms with Crippen LogP contribution < -0.4 is 10.1 Å². The molecule has 27 heavy (non-hydrogen) atoms. The van der Waals surface area contributed by atoms with E-state index in [9.17, 15) is 4.79 Å². The van der Waals surface area contributed by atoms with E-state index in [4.69, 9.17) is 16.3 Å². The van der Waals surface area contributed by atoms with Gasteiger partial charge in [0.05, 0.1) is 6.61 Å². The van der Waals surface area contributed by atoms with E-state index < -0.39 is 0 Å². The number of tetrazole rings is 1. The van der Waals surface area contributed by atoms with Crippen LogP contribution in [-0.4, -0.2) is 33.1 Å². The summed E-state index contributed by atoms with van der Waals surface area (Å²) in [6, 6.07) is 13.0. The number of fused-ring (bicyclic) bond motifs is 1. The van der Waals surface area contributed by atoms with Gasteiger partial charge in [-0.1, -0.05) is 28.9 Å². The lowest BCUT2D eigenvalue weighted by molar-refractivity contribution is -0.110. The van der Waals surface area contributed by atoms with Gasteiger partial charge in [-0.05, 0) is 48.4 Å². The number of rotatable bonds is 6. The van der Waals surface area contributed by atoms with Crippen LogP contribution in [0.5, 0.6) is 5.75 Å². The fourth-order valence-corrected chi connectivity index (χ4v) is 3.01. The Balaban J connectivity index is 1.40. The molecule has 2 heterocycles. The number of carbonyl (C=O) groups excluding carboxylic acids is 1. The number of H-pyrrole nitrogens is 1. The van der Waals surface area contributed by atoms with Gasteiger partial charge in [0.2, 0.25) is 0 Å². The Morgan fingerprint density at radius 1 is 1.15 bits per heavy atom. The number of halogens is 1. The van der Waals surface area contributed by atoms with Crippen molar-refractivity contribution in [3.63, 3.8) is 0 Å². The molecule has 0 aliphatic carbocycles. The van der Waals surface area contributed by atoms with E-state index in [1.54, 1.807) is 12.1 Å². The number of carbonyl (C=O) groups is 1. The number of nitrogens with zero attached hydrogens (tertiary/aromatic N) is 3. The van der Waals surface area contributed by atoms with Crippen LogP contribution in [0.1, 0.15) is 23.4 Å². The van der Waals surface area contributed by atoms with Crippen LogP contribution in [0.3, 0.4) is 0 Å². The van der Waals surface area contributed by atoms with Gasteiger partial charge in [0.1, 0.15) is 5.75 Å². The maximum atomic E-state index is 12.2. The third-order valence-electron chi connectivity index (χ3n) is 4.16. The van der Waals surface area contributed by atoms with Gasteiger partial charge in [-0.3, -0.25) is 4.79 Å². The predicted octanol–water partition coefficient (Wildman–Crippen LogP) is 3.36. The Morgan fingerprint density at radius 2 is 2.00 bits per heavy atom. The van der Waals surface area contributed by atoms with Crippen molar-refractivity contribution in [2.45, 2.75) is 12.8 Å². The maximum absolute atomic E-state index is 12.2. The molecule has 1 amide bonds. The third kappa shape index (κ3) is 3.98. The molecule has 1 aliphatic rings. The number of hydrogen-bond donors (Lipinski definition) is 2. The Labute approximate surface area is 160 Å². The summed E-state index contributed by atoms with van der Waals surface area (Å²) in [5.74, 6) is 1.31. The molecule has 0 radical (unpaired) electrons. The number of benzene rings is 2. The van der Waals surface area contributed by atoms with Crippen molar-refractivity contribution in [2.75, 3.05) is 11.9 Å². The molecule has 7 nitrogen and oxygen atoms in total. The van der Waals surface area contributed by atoms with E-state index in [0.717, 1.165) is 29.0 Å². The zero-order valence-electron chi connectivity index (χ0n) is 14.3. The smallest absolute Gasteiger partial charge is 0.256 e. The first-order valence-corrected chi connectivity index (χ1v) is 8.85. The molecular formula is C19H16ClN5O2. The molecule has 4 rings (SSSR count). The molecule has 0 saturated carbocycles. The highest BCUT2D eigenvalue weighted by atomic mass is 35.5. The number of ether oxygens (including phenoxy) is 1. The van der Waals surface area contributed by atoms with Crippen molar-refractivity contribution in [3.8, 4) is 5.75 Å². The minimum absolute atomic E-state index is 0.131. The second-order valence-electron chi connectivity index (χ2n) is 6.05. The van der Waals surface area contributed by atoms with Crippen LogP contribution in [0.15, 0.2) is 42.5 Å². The number of aromatic amines is 1. The van der Waals surface area contributed by atoms with Gasteiger partial charge in [0.15, 0.2) is 5.82 Å². The number of aryl methyl sites for hydroxylation is 1. The van der Waals surface area contributed by atoms with Gasteiger partial charge >= 0.3 is 0 Å². The fraction of sp³-hybridized carbons (Fsp3) is 0.158. The summed E-state index contributed by atoms with van der Waals surface area (Å²) in [5.41, 5.74) is 3.10. The lowest BCUT2D eigenvalue weighted by Gasteiger charge is -2.06. The van der Waals surface area contributed by atoms with E-state index >= 15 is 0 Å². The number of nitrogens with one attached hydrogen (secondary N) is 2. The maximum Gasteiger partial charge on any atom is 0.256 e. The molecule has 2 N–H and O–H groups in total. The molecule has 1 aromatic heterocycles. The molecule has 1 aliphatic heterocycles. The van der Waals surface area contributed by atoms with Crippen LogP contribution in [0.25, 0.3) is 11.6 Å². The van der Waals surface area contributed by atoms with Gasteiger partial charge in [-0.2, -0.15) is 5.21 Å². The summed E-state index contributed by atoms with van der Waals surface area (Å²) < 4.78 is 5.72. The minimum atomic E-state index is -0.131. The van der Waals surface area contributed by atoms with Gasteiger partial charge in [-0.25, -0.2) is 0 Å². The van der Waals surface area contributed by atoms with Crippen molar-refractivity contribution in [1.82, 2.24) is 20.6 Å². The lowest BCUT2D eigenvalue weighted by Crippen LogP contribution is -2.03. The lowest BCUT2D eigenvalue weighted by atomic mass is 10.0. The summed E-state index contributed by atoms with van der Waals surface area (Å²) in [6.45, 7) is 0.559. The van der Waals surface area contributed by atoms with Crippen molar-refractivity contribution >= 4 is 34.8 Å². The number of anilines is 1. The van der Waals surface area contributed by atoms with E-state index in [0.29, 0.717) is 29.4 Å². The molecule has 0 unspecified atom stereocenters. The van der Waals surface area contributed by atoms with Crippen LogP contribution >= 0.6 is 11.6 Å². The second kappa shape index (κ2) is 7.59. The molecule has 0 atom stereocenters. The topological polar surface area (TPSA) is 92.8 Å². The van der Waals surface area contributed by atoms with E-state index in [2.05, 4.69) is 25.9 Å². The third-order valence-corrected chi connectivity index (χ3v) is 4.39. The average molecular weight is 382 g/mol. The first-order chi connectivity index (χ1) is 13.2. The Kier molecular flexibility index (Phi) is 4.84. The van der Waals surface area contributed by atoms with Gasteiger partial charge in [-0.15, -0.1) is 10.2 Å². The van der Waals surface area contributed by atoms with Crippen molar-refractivity contribution in [2.24, 2.45) is 0 Å². The Hall–Kier alpha value is -3.19. The number of aromatic nitrogens is 4. The highest BCUT2D eigenvalue weighted by molar-refractivity contribution is 6.36. The van der Waals surface area contributed by atoms with E-state index in [-0.39, 0.29) is 5.91 Å². The molecular weight excluding hydrogens is 366 g/mol. The summed E-state index contributed by atoms with van der Waals surface area (Å²) in [7, 11) is 0. The van der Waals surface area contributed by atoms with Crippen LogP contribution in [0, 0.1) is 0 Å². The van der Waals surface area contributed by atoms with Crippen molar-refractivity contribution in [3.05, 3.63) is 64.4 Å². The highest BCUT2D eigenvalue weighted by Crippen LogP contribution is 2.35. The molecule has 2 aromatic carbocycles. The standard InChI is InChI=1S/C19H16ClN5O2/c20-13-5-8-17-15(11-13)16(19(26)21-17)10-12-3-6-14(7-4-12)27-9-1-2-18-22-24-25-23-18/h3-8,10-11H,1-2,9H2,(H,21,26)(H,22,23,24,25)/b16-10+. The quantitative estimate of drug-likeness (QED) is 0.504. The molecule has 0 saturated heterocycles. The SMILES string of the molecule is O=C1Nc2ccc(Cl)cc2/C1=C\c1ccc(OCCCc2nn[nH]n2)cc1. The molecule has 0 spiro atoms. The summed E-state index contributed by atoms with van der Waals surface area (Å²) >= 11 is 6.06. The van der Waals surface area contributed by atoms with E-state index in [1.165, 1.54) is 0 Å². The normalized spacial score (nSPS) is 14.3. The zero-order valence-corrected chi connectivity index (χ0v) is 15.0. The highest BCUT2D eigenvalue weighted by Gasteiger charge is 2.24. The molecule has 0 fully saturated rings. The zero-order chi connectivity index (χ0) is 18.6. The number of amides is 1. The Bertz CT molecular complexity index is 984. The predicted molar refractivity (Wildman–Crippen MR) is 102 cm³/mol. The largest absolute Gasteiger partial charge is 0.494 e. The first kappa shape index (κ1) is 17.2. The minimum Gasteiger partial charge on any atom is -0.494 e. The first-order valence-electron chi connectivity index (χ1n) is 8.47. The Morgan fingerprint density at radius 3 is 2.78 bits per heavy atom. The molecule has 3 aromatic rings. The van der Waals surface area contributed by atoms with Crippen LogP contribution in [0.4, 0.5) is 5.69 Å². The van der Waals surface area contributed by atoms with Crippen molar-refractivity contribution in [1.29, 1.82) is 0 Å². The summed E-state index contributed by atoms with van der Waals surface area (Å²) in [5, 5.41) is 17.2.